The Hall–Kier alpha value is -3.93. The minimum absolute atomic E-state index is 0.0994. The Balaban J connectivity index is 1.50. The van der Waals surface area contributed by atoms with Crippen molar-refractivity contribution in [3.63, 3.8) is 0 Å². The molecular weight excluding hydrogens is 480 g/mol. The zero-order valence-electron chi connectivity index (χ0n) is 18.9. The third-order valence-electron chi connectivity index (χ3n) is 6.01. The molecule has 3 heterocycles. The van der Waals surface area contributed by atoms with Crippen LogP contribution in [0.3, 0.4) is 0 Å². The summed E-state index contributed by atoms with van der Waals surface area (Å²) in [5.41, 5.74) is 1.27. The van der Waals surface area contributed by atoms with Gasteiger partial charge in [0, 0.05) is 12.1 Å². The minimum atomic E-state index is -4.92. The topological polar surface area (TPSA) is 96.9 Å². The number of anilines is 1. The fourth-order valence-electron chi connectivity index (χ4n) is 4.22. The van der Waals surface area contributed by atoms with Crippen LogP contribution in [-0.2, 0) is 6.54 Å². The lowest BCUT2D eigenvalue weighted by Crippen LogP contribution is -2.21. The quantitative estimate of drug-likeness (QED) is 0.332. The number of hydrogen-bond acceptors (Lipinski definition) is 6. The highest BCUT2D eigenvalue weighted by Crippen LogP contribution is 2.31. The fourth-order valence-corrected chi connectivity index (χ4v) is 4.22. The van der Waals surface area contributed by atoms with Crippen molar-refractivity contribution in [3.8, 4) is 16.9 Å². The molecule has 1 aliphatic rings. The first-order valence-electron chi connectivity index (χ1n) is 11.3. The van der Waals surface area contributed by atoms with E-state index in [1.807, 2.05) is 0 Å². The number of imidazole rings is 1. The normalized spacial score (nSPS) is 15.9. The molecule has 0 bridgehead atoms. The summed E-state index contributed by atoms with van der Waals surface area (Å²) in [6, 6.07) is 9.64. The van der Waals surface area contributed by atoms with E-state index in [9.17, 15) is 22.4 Å². The number of nitrogens with zero attached hydrogens (tertiary/aromatic N) is 3. The summed E-state index contributed by atoms with van der Waals surface area (Å²) in [6.07, 6.45) is -2.44. The number of rotatable bonds is 7. The number of fused-ring (bicyclic) bond motifs is 1. The van der Waals surface area contributed by atoms with E-state index in [0.717, 1.165) is 19.5 Å². The number of halogens is 4. The number of ether oxygens (including phenoxy) is 1. The van der Waals surface area contributed by atoms with E-state index in [-0.39, 0.29) is 17.8 Å². The van der Waals surface area contributed by atoms with Crippen molar-refractivity contribution in [2.45, 2.75) is 19.3 Å². The molecule has 1 aliphatic heterocycles. The number of benzene rings is 2. The lowest BCUT2D eigenvalue weighted by atomic mass is 10.0. The summed E-state index contributed by atoms with van der Waals surface area (Å²) in [5, 5.41) is 6.44. The second-order valence-corrected chi connectivity index (χ2v) is 8.56. The number of nitrogens with one attached hydrogen (secondary N) is 3. The Bertz CT molecular complexity index is 1430. The molecule has 0 saturated carbocycles. The van der Waals surface area contributed by atoms with Gasteiger partial charge in [-0.05, 0) is 60.8 Å². The van der Waals surface area contributed by atoms with E-state index >= 15 is 0 Å². The largest absolute Gasteiger partial charge is 0.573 e. The minimum Gasteiger partial charge on any atom is -0.405 e. The summed E-state index contributed by atoms with van der Waals surface area (Å²) in [5.74, 6) is -0.145. The number of alkyl halides is 3. The maximum Gasteiger partial charge on any atom is 0.573 e. The molecule has 2 aromatic carbocycles. The predicted octanol–water partition coefficient (Wildman–Crippen LogP) is 3.89. The van der Waals surface area contributed by atoms with Gasteiger partial charge in [0.1, 0.15) is 17.1 Å². The lowest BCUT2D eigenvalue weighted by molar-refractivity contribution is -0.274. The number of aromatic amines is 1. The first kappa shape index (κ1) is 23.8. The highest BCUT2D eigenvalue weighted by molar-refractivity contribution is 5.71. The molecule has 0 spiro atoms. The maximum absolute atomic E-state index is 13.3. The molecule has 36 heavy (non-hydrogen) atoms. The van der Waals surface area contributed by atoms with Crippen LogP contribution in [0.1, 0.15) is 12.0 Å². The standard InChI is InChI=1S/C24H22F4N6O2/c25-18-4-1-15(2-5-18)16-3-6-20(36-24(26,27)28)17(9-16)13-34-21-19(32-23(34)35)12-31-22(33-21)30-11-14-7-8-29-10-14/h1-6,9,12,14,29H,7-8,10-11,13H2,(H,32,35)(H,30,31,33)/t14-/m1/s1. The predicted molar refractivity (Wildman–Crippen MR) is 125 cm³/mol. The summed E-state index contributed by atoms with van der Waals surface area (Å²) >= 11 is 0. The molecule has 4 aromatic rings. The molecule has 1 saturated heterocycles. The Morgan fingerprint density at radius 2 is 1.92 bits per heavy atom. The lowest BCUT2D eigenvalue weighted by Gasteiger charge is -2.15. The molecule has 3 N–H and O–H groups in total. The van der Waals surface area contributed by atoms with Gasteiger partial charge in [-0.1, -0.05) is 18.2 Å². The van der Waals surface area contributed by atoms with Crippen LogP contribution in [0.4, 0.5) is 23.5 Å². The van der Waals surface area contributed by atoms with Crippen LogP contribution in [0.5, 0.6) is 5.75 Å². The molecule has 5 rings (SSSR count). The van der Waals surface area contributed by atoms with Crippen molar-refractivity contribution >= 4 is 17.1 Å². The molecule has 1 fully saturated rings. The Labute approximate surface area is 202 Å². The number of hydrogen-bond donors (Lipinski definition) is 3. The zero-order valence-corrected chi connectivity index (χ0v) is 18.9. The second kappa shape index (κ2) is 9.61. The van der Waals surface area contributed by atoms with Gasteiger partial charge in [-0.15, -0.1) is 13.2 Å². The van der Waals surface area contributed by atoms with E-state index in [0.29, 0.717) is 35.1 Å². The van der Waals surface area contributed by atoms with Crippen LogP contribution in [0, 0.1) is 11.7 Å². The Morgan fingerprint density at radius 3 is 2.64 bits per heavy atom. The van der Waals surface area contributed by atoms with Gasteiger partial charge in [0.15, 0.2) is 5.65 Å². The summed E-state index contributed by atoms with van der Waals surface area (Å²) in [4.78, 5) is 24.0. The highest BCUT2D eigenvalue weighted by atomic mass is 19.4. The molecule has 8 nitrogen and oxygen atoms in total. The Morgan fingerprint density at radius 1 is 1.14 bits per heavy atom. The van der Waals surface area contributed by atoms with Gasteiger partial charge in [-0.3, -0.25) is 4.57 Å². The maximum atomic E-state index is 13.3. The average molecular weight is 502 g/mol. The Kier molecular flexibility index (Phi) is 6.35. The fraction of sp³-hybridized carbons (Fsp3) is 0.292. The van der Waals surface area contributed by atoms with Crippen LogP contribution in [0.25, 0.3) is 22.3 Å². The first-order valence-corrected chi connectivity index (χ1v) is 11.3. The molecule has 1 atom stereocenters. The van der Waals surface area contributed by atoms with Crippen LogP contribution < -0.4 is 21.1 Å². The van der Waals surface area contributed by atoms with Gasteiger partial charge < -0.3 is 20.4 Å². The van der Waals surface area contributed by atoms with E-state index < -0.39 is 23.6 Å². The van der Waals surface area contributed by atoms with Crippen molar-refractivity contribution in [1.82, 2.24) is 24.8 Å². The van der Waals surface area contributed by atoms with E-state index in [1.165, 1.54) is 53.2 Å². The van der Waals surface area contributed by atoms with Crippen LogP contribution in [-0.4, -0.2) is 45.5 Å². The molecule has 12 heteroatoms. The highest BCUT2D eigenvalue weighted by Gasteiger charge is 2.32. The average Bonchev–Trinajstić information content (AvgIpc) is 3.46. The molecule has 188 valence electrons. The van der Waals surface area contributed by atoms with Gasteiger partial charge in [0.05, 0.1) is 12.7 Å². The van der Waals surface area contributed by atoms with Gasteiger partial charge in [-0.25, -0.2) is 14.2 Å². The molecule has 0 unspecified atom stereocenters. The van der Waals surface area contributed by atoms with Crippen molar-refractivity contribution in [2.75, 3.05) is 25.0 Å². The van der Waals surface area contributed by atoms with Crippen molar-refractivity contribution in [3.05, 3.63) is 70.5 Å². The van der Waals surface area contributed by atoms with Crippen molar-refractivity contribution in [2.24, 2.45) is 5.92 Å². The van der Waals surface area contributed by atoms with E-state index in [1.54, 1.807) is 0 Å². The number of aromatic nitrogens is 4. The first-order chi connectivity index (χ1) is 17.2. The summed E-state index contributed by atoms with van der Waals surface area (Å²) in [7, 11) is 0. The third-order valence-corrected chi connectivity index (χ3v) is 6.01. The molecule has 0 amide bonds. The molecular formula is C24H22F4N6O2. The van der Waals surface area contributed by atoms with Crippen LogP contribution >= 0.6 is 0 Å². The smallest absolute Gasteiger partial charge is 0.405 e. The molecule has 2 aromatic heterocycles. The second-order valence-electron chi connectivity index (χ2n) is 8.56. The molecule has 0 radical (unpaired) electrons. The zero-order chi connectivity index (χ0) is 25.3. The van der Waals surface area contributed by atoms with Crippen LogP contribution in [0.2, 0.25) is 0 Å². The molecule has 0 aliphatic carbocycles. The number of H-pyrrole nitrogens is 1. The summed E-state index contributed by atoms with van der Waals surface area (Å²) in [6.45, 7) is 2.23. The van der Waals surface area contributed by atoms with Crippen molar-refractivity contribution < 1.29 is 22.3 Å². The monoisotopic (exact) mass is 502 g/mol. The van der Waals surface area contributed by atoms with E-state index in [2.05, 4.69) is 30.3 Å². The van der Waals surface area contributed by atoms with Crippen LogP contribution in [0.15, 0.2) is 53.5 Å². The third kappa shape index (κ3) is 5.33. The van der Waals surface area contributed by atoms with Gasteiger partial charge in [-0.2, -0.15) is 4.98 Å². The van der Waals surface area contributed by atoms with Gasteiger partial charge in [0.25, 0.3) is 0 Å². The summed E-state index contributed by atoms with van der Waals surface area (Å²) < 4.78 is 58.1. The van der Waals surface area contributed by atoms with Gasteiger partial charge in [0.2, 0.25) is 5.95 Å². The van der Waals surface area contributed by atoms with Crippen molar-refractivity contribution in [1.29, 1.82) is 0 Å². The van der Waals surface area contributed by atoms with Gasteiger partial charge >= 0.3 is 12.1 Å². The van der Waals surface area contributed by atoms with E-state index in [4.69, 9.17) is 0 Å². The SMILES string of the molecule is O=c1[nH]c2cnc(NC[C@@H]3CCNC3)nc2n1Cc1cc(-c2ccc(F)cc2)ccc1OC(F)(F)F.